The highest BCUT2D eigenvalue weighted by atomic mass is 32.1. The van der Waals surface area contributed by atoms with Crippen molar-refractivity contribution in [2.24, 2.45) is 0 Å². The minimum Gasteiger partial charge on any atom is -0.375 e. The van der Waals surface area contributed by atoms with Crippen LogP contribution in [-0.4, -0.2) is 58.1 Å². The van der Waals surface area contributed by atoms with E-state index in [4.69, 9.17) is 5.73 Å². The van der Waals surface area contributed by atoms with Gasteiger partial charge < -0.3 is 20.9 Å². The Morgan fingerprint density at radius 1 is 1.03 bits per heavy atom. The second-order valence-electron chi connectivity index (χ2n) is 7.75. The molecule has 10 heteroatoms. The smallest absolute Gasteiger partial charge is 0.188 e. The van der Waals surface area contributed by atoms with E-state index in [0.717, 1.165) is 69.4 Å². The van der Waals surface area contributed by atoms with Crippen molar-refractivity contribution in [3.05, 3.63) is 46.7 Å². The largest absolute Gasteiger partial charge is 0.375 e. The number of aromatic nitrogens is 4. The lowest BCUT2D eigenvalue weighted by atomic mass is 10.2. The summed E-state index contributed by atoms with van der Waals surface area (Å²) in [4.78, 5) is 23.7. The second-order valence-corrected chi connectivity index (χ2v) is 9.88. The van der Waals surface area contributed by atoms with Crippen molar-refractivity contribution < 1.29 is 0 Å². The number of hydrogen-bond acceptors (Lipinski definition) is 10. The van der Waals surface area contributed by atoms with E-state index in [0.29, 0.717) is 5.13 Å². The van der Waals surface area contributed by atoms with Crippen LogP contribution in [-0.2, 0) is 0 Å². The number of benzene rings is 1. The van der Waals surface area contributed by atoms with E-state index in [1.807, 2.05) is 31.3 Å². The van der Waals surface area contributed by atoms with Crippen molar-refractivity contribution in [2.45, 2.75) is 6.92 Å². The number of thiazole rings is 2. The minimum absolute atomic E-state index is 0.593. The lowest BCUT2D eigenvalue weighted by molar-refractivity contribution is 0.312. The van der Waals surface area contributed by atoms with E-state index in [1.54, 1.807) is 11.3 Å². The highest BCUT2D eigenvalue weighted by molar-refractivity contribution is 7.22. The summed E-state index contributed by atoms with van der Waals surface area (Å²) >= 11 is 3.08. The van der Waals surface area contributed by atoms with Crippen molar-refractivity contribution in [1.29, 1.82) is 0 Å². The minimum atomic E-state index is 0.593. The maximum absolute atomic E-state index is 5.80. The first kappa shape index (κ1) is 20.8. The summed E-state index contributed by atoms with van der Waals surface area (Å²) in [5, 5.41) is 4.74. The Balaban J connectivity index is 1.29. The molecule has 1 saturated heterocycles. The van der Waals surface area contributed by atoms with E-state index < -0.39 is 0 Å². The van der Waals surface area contributed by atoms with Gasteiger partial charge in [-0.05, 0) is 37.7 Å². The van der Waals surface area contributed by atoms with Crippen LogP contribution in [0.15, 0.2) is 30.5 Å². The number of nitrogen functional groups attached to an aromatic ring is 1. The molecule has 8 nitrogen and oxygen atoms in total. The third-order valence-corrected chi connectivity index (χ3v) is 7.00. The number of nitrogens with zero attached hydrogens (tertiary/aromatic N) is 6. The predicted molar refractivity (Wildman–Crippen MR) is 135 cm³/mol. The Labute approximate surface area is 194 Å². The van der Waals surface area contributed by atoms with Gasteiger partial charge in [0.05, 0.1) is 10.2 Å². The summed E-state index contributed by atoms with van der Waals surface area (Å²) in [6.07, 6.45) is 6.00. The number of nitrogens with one attached hydrogen (secondary N) is 1. The molecule has 164 valence electrons. The fourth-order valence-electron chi connectivity index (χ4n) is 3.59. The number of hydrogen-bond donors (Lipinski definition) is 2. The molecule has 4 aromatic rings. The van der Waals surface area contributed by atoms with Gasteiger partial charge in [0, 0.05) is 43.3 Å². The fourth-order valence-corrected chi connectivity index (χ4v) is 5.09. The van der Waals surface area contributed by atoms with Crippen molar-refractivity contribution in [3.63, 3.8) is 0 Å². The molecule has 1 aliphatic heterocycles. The van der Waals surface area contributed by atoms with E-state index in [1.165, 1.54) is 11.3 Å². The highest BCUT2D eigenvalue weighted by Crippen LogP contribution is 2.27. The van der Waals surface area contributed by atoms with Crippen LogP contribution in [0.1, 0.15) is 16.3 Å². The van der Waals surface area contributed by atoms with Crippen LogP contribution < -0.4 is 16.0 Å². The first-order chi connectivity index (χ1) is 15.5. The van der Waals surface area contributed by atoms with E-state index >= 15 is 0 Å². The quantitative estimate of drug-likeness (QED) is 0.456. The average Bonchev–Trinajstić information content (AvgIpc) is 3.37. The van der Waals surface area contributed by atoms with Crippen molar-refractivity contribution in [1.82, 2.24) is 24.8 Å². The van der Waals surface area contributed by atoms with Gasteiger partial charge in [-0.15, -0.1) is 0 Å². The molecule has 0 unspecified atom stereocenters. The van der Waals surface area contributed by atoms with Crippen LogP contribution in [0.3, 0.4) is 0 Å². The number of likely N-dealkylation sites (N-methyl/N-ethyl adjacent to an activating group) is 1. The van der Waals surface area contributed by atoms with Crippen LogP contribution >= 0.6 is 22.7 Å². The third kappa shape index (κ3) is 4.72. The summed E-state index contributed by atoms with van der Waals surface area (Å²) in [6, 6.07) is 8.15. The van der Waals surface area contributed by atoms with Crippen LogP contribution in [0.5, 0.6) is 0 Å². The van der Waals surface area contributed by atoms with Crippen LogP contribution in [0.25, 0.3) is 22.4 Å². The van der Waals surface area contributed by atoms with Gasteiger partial charge >= 0.3 is 0 Å². The molecular formula is C22H24N8S2. The van der Waals surface area contributed by atoms with Crippen LogP contribution in [0.4, 0.5) is 21.9 Å². The van der Waals surface area contributed by atoms with Gasteiger partial charge in [0.2, 0.25) is 0 Å². The van der Waals surface area contributed by atoms with E-state index in [-0.39, 0.29) is 0 Å². The summed E-state index contributed by atoms with van der Waals surface area (Å²) in [5.74, 6) is 2.48. The summed E-state index contributed by atoms with van der Waals surface area (Å²) < 4.78 is 1.09. The van der Waals surface area contributed by atoms with Gasteiger partial charge in [-0.2, -0.15) is 0 Å². The van der Waals surface area contributed by atoms with E-state index in [9.17, 15) is 0 Å². The molecule has 0 atom stereocenters. The maximum Gasteiger partial charge on any atom is 0.188 e. The zero-order valence-electron chi connectivity index (χ0n) is 17.9. The van der Waals surface area contributed by atoms with Crippen molar-refractivity contribution >= 4 is 66.9 Å². The maximum atomic E-state index is 5.80. The number of aryl methyl sites for hydroxylation is 1. The number of anilines is 4. The van der Waals surface area contributed by atoms with Crippen LogP contribution in [0, 0.1) is 6.92 Å². The Morgan fingerprint density at radius 3 is 2.72 bits per heavy atom. The summed E-state index contributed by atoms with van der Waals surface area (Å²) in [5.41, 5.74) is 7.84. The van der Waals surface area contributed by atoms with Gasteiger partial charge in [0.1, 0.15) is 17.5 Å². The van der Waals surface area contributed by atoms with Crippen molar-refractivity contribution in [2.75, 3.05) is 49.2 Å². The number of piperazine rings is 1. The monoisotopic (exact) mass is 464 g/mol. The zero-order valence-corrected chi connectivity index (χ0v) is 19.6. The lowest BCUT2D eigenvalue weighted by Crippen LogP contribution is -2.44. The molecule has 0 amide bonds. The highest BCUT2D eigenvalue weighted by Gasteiger charge is 2.17. The molecule has 5 rings (SSSR count). The van der Waals surface area contributed by atoms with Gasteiger partial charge in [0.25, 0.3) is 0 Å². The molecule has 1 fully saturated rings. The number of nitrogens with two attached hydrogens (primary N) is 1. The number of fused-ring (bicyclic) bond motifs is 1. The molecule has 0 radical (unpaired) electrons. The summed E-state index contributed by atoms with van der Waals surface area (Å²) in [6.45, 7) is 5.94. The van der Waals surface area contributed by atoms with Gasteiger partial charge in [-0.1, -0.05) is 34.8 Å². The normalized spacial score (nSPS) is 15.1. The van der Waals surface area contributed by atoms with Gasteiger partial charge in [-0.25, -0.2) is 19.9 Å². The van der Waals surface area contributed by atoms with Gasteiger partial charge in [-0.3, -0.25) is 0 Å². The SMILES string of the molecule is Cc1nc(Nc2ncc(/C=C/c3ccc4nc(N)sc4c3)s2)cc(N2CCN(C)CC2)n1. The molecule has 0 saturated carbocycles. The second kappa shape index (κ2) is 8.81. The molecule has 1 aromatic carbocycles. The first-order valence-electron chi connectivity index (χ1n) is 10.4. The zero-order chi connectivity index (χ0) is 22.1. The molecular weight excluding hydrogens is 440 g/mol. The molecule has 0 aliphatic carbocycles. The molecule has 3 aromatic heterocycles. The number of rotatable bonds is 5. The Hall–Kier alpha value is -3.08. The Bertz CT molecular complexity index is 1270. The standard InChI is InChI=1S/C22H24N8S2/c1-14-25-19(12-20(26-14)30-9-7-29(2)8-10-30)28-22-24-13-16(31-22)5-3-15-4-6-17-18(11-15)32-21(23)27-17/h3-6,11-13H,7-10H2,1-2H3,(H2,23,27)(H,24,25,26,28)/b5-3+. The Kier molecular flexibility index (Phi) is 5.73. The van der Waals surface area contributed by atoms with Crippen molar-refractivity contribution in [3.8, 4) is 0 Å². The first-order valence-corrected chi connectivity index (χ1v) is 12.0. The molecule has 0 spiro atoms. The molecule has 3 N–H and O–H groups in total. The third-order valence-electron chi connectivity index (χ3n) is 5.28. The van der Waals surface area contributed by atoms with Gasteiger partial charge in [0.15, 0.2) is 10.3 Å². The topological polar surface area (TPSA) is 96.1 Å². The lowest BCUT2D eigenvalue weighted by Gasteiger charge is -2.33. The fraction of sp³-hybridized carbons (Fsp3) is 0.273. The Morgan fingerprint density at radius 2 is 1.88 bits per heavy atom. The molecule has 32 heavy (non-hydrogen) atoms. The molecule has 4 heterocycles. The predicted octanol–water partition coefficient (Wildman–Crippen LogP) is 4.10. The average molecular weight is 465 g/mol. The van der Waals surface area contributed by atoms with E-state index in [2.05, 4.69) is 60.3 Å². The molecule has 1 aliphatic rings. The van der Waals surface area contributed by atoms with Crippen LogP contribution in [0.2, 0.25) is 0 Å². The molecule has 0 bridgehead atoms. The summed E-state index contributed by atoms with van der Waals surface area (Å²) in [7, 11) is 2.15.